The van der Waals surface area contributed by atoms with Gasteiger partial charge in [-0.25, -0.2) is 4.79 Å². The van der Waals surface area contributed by atoms with Gasteiger partial charge >= 0.3 is 6.03 Å². The second-order valence-corrected chi connectivity index (χ2v) is 5.14. The van der Waals surface area contributed by atoms with Gasteiger partial charge in [0.1, 0.15) is 0 Å². The molecule has 1 saturated heterocycles. The first-order valence-electron chi connectivity index (χ1n) is 6.82. The minimum absolute atomic E-state index is 0.0206. The minimum Gasteiger partial charge on any atom is -0.334 e. The Morgan fingerprint density at radius 3 is 2.68 bits per heavy atom. The van der Waals surface area contributed by atoms with Gasteiger partial charge in [-0.3, -0.25) is 9.88 Å². The SMILES string of the molecule is CC(C)N1CCN(C(=O)NCc2cccnc2)CC1. The standard InChI is InChI=1S/C14H22N4O/c1-12(2)17-6-8-18(9-7-17)14(19)16-11-13-4-3-5-15-10-13/h3-5,10,12H,6-9,11H2,1-2H3,(H,16,19). The smallest absolute Gasteiger partial charge is 0.317 e. The third-order valence-corrected chi connectivity index (χ3v) is 3.50. The number of rotatable bonds is 3. The number of urea groups is 1. The molecule has 0 aromatic carbocycles. The van der Waals surface area contributed by atoms with E-state index in [1.807, 2.05) is 17.0 Å². The molecule has 2 amide bonds. The lowest BCUT2D eigenvalue weighted by molar-refractivity contribution is 0.119. The Labute approximate surface area is 114 Å². The van der Waals surface area contributed by atoms with Crippen molar-refractivity contribution < 1.29 is 4.79 Å². The summed E-state index contributed by atoms with van der Waals surface area (Å²) in [5.74, 6) is 0. The molecular formula is C14H22N4O. The summed E-state index contributed by atoms with van der Waals surface area (Å²) in [6, 6.07) is 4.42. The average Bonchev–Trinajstić information content (AvgIpc) is 2.46. The van der Waals surface area contributed by atoms with E-state index < -0.39 is 0 Å². The van der Waals surface area contributed by atoms with Crippen LogP contribution in [0.4, 0.5) is 4.79 Å². The number of aromatic nitrogens is 1. The van der Waals surface area contributed by atoms with Crippen molar-refractivity contribution in [1.82, 2.24) is 20.1 Å². The average molecular weight is 262 g/mol. The highest BCUT2D eigenvalue weighted by molar-refractivity contribution is 5.74. The van der Waals surface area contributed by atoms with Crippen molar-refractivity contribution in [1.29, 1.82) is 0 Å². The molecule has 1 aromatic rings. The number of pyridine rings is 1. The molecule has 104 valence electrons. The molecule has 0 atom stereocenters. The molecule has 5 nitrogen and oxygen atoms in total. The van der Waals surface area contributed by atoms with Crippen molar-refractivity contribution in [3.63, 3.8) is 0 Å². The van der Waals surface area contributed by atoms with Gasteiger partial charge in [-0.2, -0.15) is 0 Å². The Balaban J connectivity index is 1.76. The molecule has 1 N–H and O–H groups in total. The zero-order valence-corrected chi connectivity index (χ0v) is 11.7. The molecule has 2 rings (SSSR count). The second kappa shape index (κ2) is 6.52. The van der Waals surface area contributed by atoms with Crippen LogP contribution in [0.1, 0.15) is 19.4 Å². The third kappa shape index (κ3) is 3.92. The summed E-state index contributed by atoms with van der Waals surface area (Å²) < 4.78 is 0. The fraction of sp³-hybridized carbons (Fsp3) is 0.571. The van der Waals surface area contributed by atoms with Crippen LogP contribution in [0.5, 0.6) is 0 Å². The van der Waals surface area contributed by atoms with Gasteiger partial charge in [-0.1, -0.05) is 6.07 Å². The summed E-state index contributed by atoms with van der Waals surface area (Å²) in [7, 11) is 0. The van der Waals surface area contributed by atoms with Gasteiger partial charge in [0, 0.05) is 51.2 Å². The Bertz CT molecular complexity index is 399. The lowest BCUT2D eigenvalue weighted by Crippen LogP contribution is -2.53. The van der Waals surface area contributed by atoms with Gasteiger partial charge < -0.3 is 10.2 Å². The fourth-order valence-corrected chi connectivity index (χ4v) is 2.23. The maximum Gasteiger partial charge on any atom is 0.317 e. The van der Waals surface area contributed by atoms with Crippen LogP contribution in [-0.4, -0.2) is 53.0 Å². The van der Waals surface area contributed by atoms with E-state index in [9.17, 15) is 4.79 Å². The van der Waals surface area contributed by atoms with Crippen molar-refractivity contribution >= 4 is 6.03 Å². The highest BCUT2D eigenvalue weighted by Gasteiger charge is 2.21. The number of nitrogens with one attached hydrogen (secondary N) is 1. The Morgan fingerprint density at radius 1 is 1.37 bits per heavy atom. The van der Waals surface area contributed by atoms with Crippen molar-refractivity contribution in [2.24, 2.45) is 0 Å². The zero-order chi connectivity index (χ0) is 13.7. The summed E-state index contributed by atoms with van der Waals surface area (Å²) in [5.41, 5.74) is 1.02. The van der Waals surface area contributed by atoms with Gasteiger partial charge in [-0.05, 0) is 25.5 Å². The summed E-state index contributed by atoms with van der Waals surface area (Å²) >= 11 is 0. The molecule has 0 spiro atoms. The molecule has 2 heterocycles. The van der Waals surface area contributed by atoms with Crippen molar-refractivity contribution in [3.8, 4) is 0 Å². The van der Waals surface area contributed by atoms with Crippen LogP contribution in [0, 0.1) is 0 Å². The molecule has 0 radical (unpaired) electrons. The molecule has 1 aliphatic heterocycles. The molecular weight excluding hydrogens is 240 g/mol. The fourth-order valence-electron chi connectivity index (χ4n) is 2.23. The van der Waals surface area contributed by atoms with E-state index in [1.54, 1.807) is 12.4 Å². The van der Waals surface area contributed by atoms with E-state index in [-0.39, 0.29) is 6.03 Å². The monoisotopic (exact) mass is 262 g/mol. The van der Waals surface area contributed by atoms with Gasteiger partial charge in [0.25, 0.3) is 0 Å². The Hall–Kier alpha value is -1.62. The number of amides is 2. The lowest BCUT2D eigenvalue weighted by atomic mass is 10.2. The van der Waals surface area contributed by atoms with E-state index >= 15 is 0 Å². The number of hydrogen-bond acceptors (Lipinski definition) is 3. The van der Waals surface area contributed by atoms with E-state index in [0.717, 1.165) is 31.7 Å². The van der Waals surface area contributed by atoms with Gasteiger partial charge in [0.05, 0.1) is 0 Å². The molecule has 1 aliphatic rings. The van der Waals surface area contributed by atoms with Gasteiger partial charge in [-0.15, -0.1) is 0 Å². The van der Waals surface area contributed by atoms with Gasteiger partial charge in [0.2, 0.25) is 0 Å². The molecule has 1 fully saturated rings. The molecule has 0 unspecified atom stereocenters. The highest BCUT2D eigenvalue weighted by atomic mass is 16.2. The van der Waals surface area contributed by atoms with Gasteiger partial charge in [0.15, 0.2) is 0 Å². The Morgan fingerprint density at radius 2 is 2.11 bits per heavy atom. The first-order chi connectivity index (χ1) is 9.16. The first-order valence-corrected chi connectivity index (χ1v) is 6.82. The summed E-state index contributed by atoms with van der Waals surface area (Å²) in [6.07, 6.45) is 3.51. The lowest BCUT2D eigenvalue weighted by Gasteiger charge is -2.36. The van der Waals surface area contributed by atoms with Crippen LogP contribution >= 0.6 is 0 Å². The first kappa shape index (κ1) is 13.8. The van der Waals surface area contributed by atoms with E-state index in [1.165, 1.54) is 0 Å². The maximum atomic E-state index is 12.0. The number of nitrogens with zero attached hydrogens (tertiary/aromatic N) is 3. The molecule has 19 heavy (non-hydrogen) atoms. The van der Waals surface area contributed by atoms with E-state index in [0.29, 0.717) is 12.6 Å². The molecule has 0 bridgehead atoms. The van der Waals surface area contributed by atoms with Crippen molar-refractivity contribution in [2.45, 2.75) is 26.4 Å². The molecule has 0 saturated carbocycles. The Kier molecular flexibility index (Phi) is 4.74. The predicted molar refractivity (Wildman–Crippen MR) is 74.8 cm³/mol. The largest absolute Gasteiger partial charge is 0.334 e. The minimum atomic E-state index is 0.0206. The maximum absolute atomic E-state index is 12.0. The molecule has 5 heteroatoms. The number of hydrogen-bond donors (Lipinski definition) is 1. The van der Waals surface area contributed by atoms with Crippen LogP contribution in [0.2, 0.25) is 0 Å². The zero-order valence-electron chi connectivity index (χ0n) is 11.7. The topological polar surface area (TPSA) is 48.5 Å². The quantitative estimate of drug-likeness (QED) is 0.893. The molecule has 1 aromatic heterocycles. The highest BCUT2D eigenvalue weighted by Crippen LogP contribution is 2.06. The third-order valence-electron chi connectivity index (χ3n) is 3.50. The summed E-state index contributed by atoms with van der Waals surface area (Å²) in [6.45, 7) is 8.44. The van der Waals surface area contributed by atoms with Crippen molar-refractivity contribution in [2.75, 3.05) is 26.2 Å². The number of carbonyl (C=O) groups excluding carboxylic acids is 1. The van der Waals surface area contributed by atoms with Crippen LogP contribution < -0.4 is 5.32 Å². The van der Waals surface area contributed by atoms with Crippen LogP contribution in [0.15, 0.2) is 24.5 Å². The summed E-state index contributed by atoms with van der Waals surface area (Å²) in [5, 5.41) is 2.94. The van der Waals surface area contributed by atoms with E-state index in [2.05, 4.69) is 29.0 Å². The van der Waals surface area contributed by atoms with Crippen LogP contribution in [-0.2, 0) is 6.54 Å². The van der Waals surface area contributed by atoms with Crippen LogP contribution in [0.25, 0.3) is 0 Å². The van der Waals surface area contributed by atoms with E-state index in [4.69, 9.17) is 0 Å². The van der Waals surface area contributed by atoms with Crippen molar-refractivity contribution in [3.05, 3.63) is 30.1 Å². The second-order valence-electron chi connectivity index (χ2n) is 5.14. The van der Waals surface area contributed by atoms with Crippen LogP contribution in [0.3, 0.4) is 0 Å². The number of carbonyl (C=O) groups is 1. The summed E-state index contributed by atoms with van der Waals surface area (Å²) in [4.78, 5) is 20.3. The number of piperazine rings is 1. The predicted octanol–water partition coefficient (Wildman–Crippen LogP) is 1.32. The molecule has 0 aliphatic carbocycles. The normalized spacial score (nSPS) is 16.7.